The first kappa shape index (κ1) is 30.8. The zero-order chi connectivity index (χ0) is 37.2. The molecular formula is C54H33N3. The molecule has 2 aliphatic rings. The fraction of sp³-hybridized carbons (Fsp3) is 0.0185. The molecule has 1 atom stereocenters. The molecule has 0 N–H and O–H groups in total. The minimum absolute atomic E-state index is 0.533. The van der Waals surface area contributed by atoms with Crippen LogP contribution in [0.4, 0.5) is 0 Å². The van der Waals surface area contributed by atoms with Crippen LogP contribution < -0.4 is 0 Å². The van der Waals surface area contributed by atoms with Gasteiger partial charge in [0.15, 0.2) is 0 Å². The molecule has 9 aromatic carbocycles. The molecule has 11 aromatic rings. The molecule has 0 radical (unpaired) electrons. The number of hydrogen-bond acceptors (Lipinski definition) is 1. The zero-order valence-electron chi connectivity index (χ0n) is 30.9. The molecule has 1 spiro atoms. The van der Waals surface area contributed by atoms with E-state index in [2.05, 4.69) is 209 Å². The molecule has 3 heterocycles. The monoisotopic (exact) mass is 723 g/mol. The Hall–Kier alpha value is -7.49. The van der Waals surface area contributed by atoms with Crippen molar-refractivity contribution in [2.45, 2.75) is 5.41 Å². The number of nitrogens with zero attached hydrogens (tertiary/aromatic N) is 3. The Balaban J connectivity index is 1.09. The maximum Gasteiger partial charge on any atom is 0.145 e. The lowest BCUT2D eigenvalue weighted by atomic mass is 9.65. The summed E-state index contributed by atoms with van der Waals surface area (Å²) < 4.78 is 4.83. The highest BCUT2D eigenvalue weighted by Crippen LogP contribution is 2.61. The van der Waals surface area contributed by atoms with E-state index < -0.39 is 5.41 Å². The maximum atomic E-state index is 5.34. The van der Waals surface area contributed by atoms with Gasteiger partial charge in [0.05, 0.1) is 33.2 Å². The van der Waals surface area contributed by atoms with E-state index in [9.17, 15) is 0 Å². The molecule has 0 bridgehead atoms. The van der Waals surface area contributed by atoms with Crippen molar-refractivity contribution in [1.29, 1.82) is 0 Å². The first-order valence-corrected chi connectivity index (χ1v) is 19.7. The Bertz CT molecular complexity index is 3460. The Labute approximate surface area is 329 Å². The summed E-state index contributed by atoms with van der Waals surface area (Å²) in [4.78, 5) is 5.34. The second-order valence-corrected chi connectivity index (χ2v) is 15.5. The van der Waals surface area contributed by atoms with Gasteiger partial charge in [0.1, 0.15) is 5.82 Å². The first-order valence-electron chi connectivity index (χ1n) is 19.7. The number of aromatic nitrogens is 3. The van der Waals surface area contributed by atoms with Gasteiger partial charge in [-0.1, -0.05) is 146 Å². The lowest BCUT2D eigenvalue weighted by Gasteiger charge is -2.39. The van der Waals surface area contributed by atoms with Gasteiger partial charge in [-0.25, -0.2) is 4.98 Å². The highest BCUT2D eigenvalue weighted by atomic mass is 15.1. The third-order valence-corrected chi connectivity index (χ3v) is 12.7. The quantitative estimate of drug-likeness (QED) is 0.178. The van der Waals surface area contributed by atoms with Crippen LogP contribution >= 0.6 is 0 Å². The number of fused-ring (bicyclic) bond motifs is 13. The Morgan fingerprint density at radius 2 is 1.04 bits per heavy atom. The van der Waals surface area contributed by atoms with Crippen molar-refractivity contribution in [3.05, 3.63) is 222 Å². The van der Waals surface area contributed by atoms with Crippen molar-refractivity contribution in [1.82, 2.24) is 14.1 Å². The van der Waals surface area contributed by atoms with Crippen LogP contribution in [0.3, 0.4) is 0 Å². The van der Waals surface area contributed by atoms with Gasteiger partial charge in [-0.05, 0) is 110 Å². The molecule has 0 saturated heterocycles. The van der Waals surface area contributed by atoms with Gasteiger partial charge in [0.2, 0.25) is 0 Å². The van der Waals surface area contributed by atoms with E-state index in [1.807, 2.05) is 0 Å². The number of benzene rings is 9. The van der Waals surface area contributed by atoms with E-state index >= 15 is 0 Å². The van der Waals surface area contributed by atoms with Gasteiger partial charge in [-0.2, -0.15) is 0 Å². The van der Waals surface area contributed by atoms with E-state index in [0.717, 1.165) is 22.6 Å². The van der Waals surface area contributed by atoms with Gasteiger partial charge >= 0.3 is 0 Å². The Morgan fingerprint density at radius 3 is 1.89 bits per heavy atom. The molecule has 13 rings (SSSR count). The van der Waals surface area contributed by atoms with Crippen LogP contribution in [0, 0.1) is 0 Å². The van der Waals surface area contributed by atoms with Crippen molar-refractivity contribution < 1.29 is 0 Å². The molecule has 3 heteroatoms. The average Bonchev–Trinajstić information content (AvgIpc) is 3.92. The van der Waals surface area contributed by atoms with Crippen LogP contribution in [0.25, 0.3) is 88.6 Å². The van der Waals surface area contributed by atoms with E-state index in [1.165, 1.54) is 88.3 Å². The molecule has 264 valence electrons. The molecule has 1 aliphatic heterocycles. The average molecular weight is 724 g/mol. The normalized spacial score (nSPS) is 15.1. The molecule has 0 saturated carbocycles. The lowest BCUT2D eigenvalue weighted by Crippen LogP contribution is -2.33. The summed E-state index contributed by atoms with van der Waals surface area (Å²) >= 11 is 0. The summed E-state index contributed by atoms with van der Waals surface area (Å²) in [5.74, 6) is 0.969. The molecule has 3 nitrogen and oxygen atoms in total. The first-order chi connectivity index (χ1) is 28.3. The van der Waals surface area contributed by atoms with E-state index in [4.69, 9.17) is 4.98 Å². The van der Waals surface area contributed by atoms with Crippen LogP contribution in [0.1, 0.15) is 22.3 Å². The van der Waals surface area contributed by atoms with Gasteiger partial charge in [0, 0.05) is 22.0 Å². The SMILES string of the molecule is c1ccc(-c2nc3cccc4c3n2-c2ccccc2C42c3ccccc3-c3ccc(-c4ccc5c(c4)c4cc6ccccc6cc4n5-c4ccccc4)cc32)cc1. The fourth-order valence-corrected chi connectivity index (χ4v) is 10.4. The van der Waals surface area contributed by atoms with Crippen molar-refractivity contribution in [2.24, 2.45) is 0 Å². The van der Waals surface area contributed by atoms with Crippen LogP contribution in [0.5, 0.6) is 0 Å². The van der Waals surface area contributed by atoms with Gasteiger partial charge in [-0.3, -0.25) is 4.57 Å². The summed E-state index contributed by atoms with van der Waals surface area (Å²) in [6, 6.07) is 73.8. The highest BCUT2D eigenvalue weighted by Gasteiger charge is 2.51. The Kier molecular flexibility index (Phi) is 6.10. The largest absolute Gasteiger partial charge is 0.309 e. The van der Waals surface area contributed by atoms with Crippen LogP contribution in [0.15, 0.2) is 200 Å². The summed E-state index contributed by atoms with van der Waals surface area (Å²) in [5.41, 5.74) is 17.7. The fourth-order valence-electron chi connectivity index (χ4n) is 10.4. The number of imidazole rings is 1. The highest BCUT2D eigenvalue weighted by molar-refractivity contribution is 6.14. The minimum Gasteiger partial charge on any atom is -0.309 e. The molecule has 1 unspecified atom stereocenters. The molecule has 57 heavy (non-hydrogen) atoms. The third kappa shape index (κ3) is 4.02. The number of para-hydroxylation sites is 3. The Morgan fingerprint density at radius 1 is 0.386 bits per heavy atom. The van der Waals surface area contributed by atoms with E-state index in [1.54, 1.807) is 0 Å². The van der Waals surface area contributed by atoms with Gasteiger partial charge in [0.25, 0.3) is 0 Å². The van der Waals surface area contributed by atoms with Crippen LogP contribution in [-0.4, -0.2) is 14.1 Å². The summed E-state index contributed by atoms with van der Waals surface area (Å²) in [6.07, 6.45) is 0. The van der Waals surface area contributed by atoms with E-state index in [0.29, 0.717) is 0 Å². The second-order valence-electron chi connectivity index (χ2n) is 15.5. The predicted molar refractivity (Wildman–Crippen MR) is 235 cm³/mol. The van der Waals surface area contributed by atoms with Crippen LogP contribution in [0.2, 0.25) is 0 Å². The minimum atomic E-state index is -0.533. The summed E-state index contributed by atoms with van der Waals surface area (Å²) in [6.45, 7) is 0. The predicted octanol–water partition coefficient (Wildman–Crippen LogP) is 13.3. The van der Waals surface area contributed by atoms with Gasteiger partial charge < -0.3 is 4.57 Å². The van der Waals surface area contributed by atoms with Crippen LogP contribution in [-0.2, 0) is 5.41 Å². The molecule has 2 aromatic heterocycles. The lowest BCUT2D eigenvalue weighted by molar-refractivity contribution is 0.746. The van der Waals surface area contributed by atoms with Crippen molar-refractivity contribution in [3.63, 3.8) is 0 Å². The molecule has 1 aliphatic carbocycles. The van der Waals surface area contributed by atoms with E-state index in [-0.39, 0.29) is 0 Å². The number of hydrogen-bond donors (Lipinski definition) is 0. The molecular weight excluding hydrogens is 691 g/mol. The standard InChI is InChI=1S/C54H33N3/c1-3-14-34(15-4-1)53-55-48-24-13-23-46-52(48)57(53)50-25-12-11-22-45(50)54(46)44-21-10-9-20-40(44)41-28-26-38(32-47(41)54)37-27-29-49-42(31-37)43-30-35-16-7-8-17-36(35)33-51(43)56(49)39-18-5-2-6-19-39/h1-33H. The maximum absolute atomic E-state index is 5.34. The molecule has 0 amide bonds. The third-order valence-electron chi connectivity index (χ3n) is 12.7. The van der Waals surface area contributed by atoms with Gasteiger partial charge in [-0.15, -0.1) is 0 Å². The molecule has 0 fully saturated rings. The summed E-state index contributed by atoms with van der Waals surface area (Å²) in [5, 5.41) is 5.00. The zero-order valence-corrected chi connectivity index (χ0v) is 30.9. The summed E-state index contributed by atoms with van der Waals surface area (Å²) in [7, 11) is 0. The second kappa shape index (κ2) is 11.3. The topological polar surface area (TPSA) is 22.8 Å². The van der Waals surface area contributed by atoms with Crippen molar-refractivity contribution in [3.8, 4) is 45.0 Å². The smallest absolute Gasteiger partial charge is 0.145 e. The van der Waals surface area contributed by atoms with Crippen molar-refractivity contribution in [2.75, 3.05) is 0 Å². The van der Waals surface area contributed by atoms with Crippen molar-refractivity contribution >= 4 is 43.6 Å². The number of rotatable bonds is 3.